The van der Waals surface area contributed by atoms with E-state index in [-0.39, 0.29) is 17.4 Å². The maximum absolute atomic E-state index is 10.9. The van der Waals surface area contributed by atoms with Gasteiger partial charge in [-0.1, -0.05) is 17.3 Å². The second-order valence-corrected chi connectivity index (χ2v) is 4.85. The lowest BCUT2D eigenvalue weighted by atomic mass is 10.2. The average molecular weight is 325 g/mol. The number of hydrogen-bond donors (Lipinski definition) is 0. The maximum atomic E-state index is 10.9. The van der Waals surface area contributed by atoms with Gasteiger partial charge in [-0.25, -0.2) is 0 Å². The van der Waals surface area contributed by atoms with E-state index >= 15 is 0 Å². The number of nitrogens with zero attached hydrogens (tertiary/aromatic N) is 3. The van der Waals surface area contributed by atoms with E-state index in [2.05, 4.69) is 10.1 Å². The van der Waals surface area contributed by atoms with Gasteiger partial charge in [-0.15, -0.1) is 0 Å². The zero-order valence-electron chi connectivity index (χ0n) is 12.5. The second kappa shape index (κ2) is 6.29. The molecule has 0 amide bonds. The molecule has 0 unspecified atom stereocenters. The Morgan fingerprint density at radius 2 is 1.92 bits per heavy atom. The summed E-state index contributed by atoms with van der Waals surface area (Å²) in [7, 11) is 0. The van der Waals surface area contributed by atoms with Gasteiger partial charge in [-0.3, -0.25) is 14.9 Å². The molecule has 24 heavy (non-hydrogen) atoms. The molecule has 2 aromatic carbocycles. The highest BCUT2D eigenvalue weighted by Gasteiger charge is 2.14. The number of non-ortho nitro benzene ring substituents is 1. The molecule has 0 aliphatic heterocycles. The van der Waals surface area contributed by atoms with Crippen LogP contribution in [0, 0.1) is 10.1 Å². The van der Waals surface area contributed by atoms with Crippen molar-refractivity contribution in [1.29, 1.82) is 0 Å². The molecule has 0 aliphatic rings. The number of esters is 1. The molecule has 1 aromatic heterocycles. The van der Waals surface area contributed by atoms with Crippen molar-refractivity contribution in [2.24, 2.45) is 0 Å². The lowest BCUT2D eigenvalue weighted by molar-refractivity contribution is -0.384. The van der Waals surface area contributed by atoms with Gasteiger partial charge < -0.3 is 9.26 Å². The standard InChI is InChI=1S/C16H11N3O5/c1-10(20)23-14-7-5-11(6-8-14)16-17-15(18-24-16)12-3-2-4-13(9-12)19(21)22/h2-9H,1H3. The fourth-order valence-corrected chi connectivity index (χ4v) is 2.05. The Labute approximate surface area is 135 Å². The van der Waals surface area contributed by atoms with E-state index in [1.807, 2.05) is 0 Å². The second-order valence-electron chi connectivity index (χ2n) is 4.85. The smallest absolute Gasteiger partial charge is 0.308 e. The summed E-state index contributed by atoms with van der Waals surface area (Å²) in [5.74, 6) is 0.502. The topological polar surface area (TPSA) is 108 Å². The average Bonchev–Trinajstić information content (AvgIpc) is 3.05. The summed E-state index contributed by atoms with van der Waals surface area (Å²) >= 11 is 0. The minimum atomic E-state index is -0.488. The summed E-state index contributed by atoms with van der Waals surface area (Å²) in [6.45, 7) is 1.32. The third-order valence-electron chi connectivity index (χ3n) is 3.10. The Hall–Kier alpha value is -3.55. The van der Waals surface area contributed by atoms with Crippen LogP contribution in [0.5, 0.6) is 5.75 Å². The summed E-state index contributed by atoms with van der Waals surface area (Å²) in [6, 6.07) is 12.5. The van der Waals surface area contributed by atoms with Crippen LogP contribution in [0.4, 0.5) is 5.69 Å². The number of rotatable bonds is 4. The Balaban J connectivity index is 1.86. The molecule has 120 valence electrons. The number of hydrogen-bond acceptors (Lipinski definition) is 7. The molecule has 0 saturated carbocycles. The number of aromatic nitrogens is 2. The van der Waals surface area contributed by atoms with Crippen LogP contribution in [-0.4, -0.2) is 21.0 Å². The van der Waals surface area contributed by atoms with Crippen LogP contribution < -0.4 is 4.74 Å². The van der Waals surface area contributed by atoms with E-state index in [4.69, 9.17) is 9.26 Å². The van der Waals surface area contributed by atoms with E-state index in [0.29, 0.717) is 16.9 Å². The van der Waals surface area contributed by atoms with Gasteiger partial charge in [0, 0.05) is 30.2 Å². The predicted molar refractivity (Wildman–Crippen MR) is 83.1 cm³/mol. The van der Waals surface area contributed by atoms with Crippen molar-refractivity contribution in [2.75, 3.05) is 0 Å². The number of ether oxygens (including phenoxy) is 1. The first-order valence-electron chi connectivity index (χ1n) is 6.90. The molecule has 1 heterocycles. The number of carbonyl (C=O) groups is 1. The Kier molecular flexibility index (Phi) is 4.02. The van der Waals surface area contributed by atoms with Crippen molar-refractivity contribution in [3.05, 3.63) is 58.6 Å². The number of nitro benzene ring substituents is 1. The normalized spacial score (nSPS) is 10.4. The number of carbonyl (C=O) groups excluding carboxylic acids is 1. The first-order valence-corrected chi connectivity index (χ1v) is 6.90. The van der Waals surface area contributed by atoms with Gasteiger partial charge in [-0.2, -0.15) is 4.98 Å². The Morgan fingerprint density at radius 3 is 2.58 bits per heavy atom. The van der Waals surface area contributed by atoms with Crippen LogP contribution in [0.15, 0.2) is 53.1 Å². The minimum absolute atomic E-state index is 0.0513. The van der Waals surface area contributed by atoms with Crippen LogP contribution in [0.1, 0.15) is 6.92 Å². The molecule has 0 N–H and O–H groups in total. The fraction of sp³-hybridized carbons (Fsp3) is 0.0625. The Bertz CT molecular complexity index is 902. The lowest BCUT2D eigenvalue weighted by Crippen LogP contribution is -2.00. The van der Waals surface area contributed by atoms with Gasteiger partial charge in [0.05, 0.1) is 4.92 Å². The first-order chi connectivity index (χ1) is 11.5. The molecular formula is C16H11N3O5. The fourth-order valence-electron chi connectivity index (χ4n) is 2.05. The third kappa shape index (κ3) is 3.27. The monoisotopic (exact) mass is 325 g/mol. The van der Waals surface area contributed by atoms with Crippen LogP contribution in [0.2, 0.25) is 0 Å². The highest BCUT2D eigenvalue weighted by Crippen LogP contribution is 2.26. The predicted octanol–water partition coefficient (Wildman–Crippen LogP) is 3.24. The van der Waals surface area contributed by atoms with Crippen molar-refractivity contribution >= 4 is 11.7 Å². The highest BCUT2D eigenvalue weighted by atomic mass is 16.6. The zero-order chi connectivity index (χ0) is 17.1. The quantitative estimate of drug-likeness (QED) is 0.313. The maximum Gasteiger partial charge on any atom is 0.308 e. The zero-order valence-corrected chi connectivity index (χ0v) is 12.5. The molecule has 0 saturated heterocycles. The lowest BCUT2D eigenvalue weighted by Gasteiger charge is -2.00. The van der Waals surface area contributed by atoms with E-state index in [1.165, 1.54) is 19.1 Å². The van der Waals surface area contributed by atoms with Gasteiger partial charge in [0.25, 0.3) is 11.6 Å². The molecule has 0 bridgehead atoms. The van der Waals surface area contributed by atoms with Crippen molar-refractivity contribution in [1.82, 2.24) is 10.1 Å². The molecule has 3 rings (SSSR count). The van der Waals surface area contributed by atoms with Gasteiger partial charge >= 0.3 is 5.97 Å². The molecule has 0 fully saturated rings. The molecule has 0 atom stereocenters. The summed E-state index contributed by atoms with van der Waals surface area (Å²) < 4.78 is 10.1. The van der Waals surface area contributed by atoms with Crippen LogP contribution >= 0.6 is 0 Å². The van der Waals surface area contributed by atoms with E-state index < -0.39 is 10.9 Å². The summed E-state index contributed by atoms with van der Waals surface area (Å²) in [5, 5.41) is 14.7. The van der Waals surface area contributed by atoms with E-state index in [0.717, 1.165) is 0 Å². The van der Waals surface area contributed by atoms with Crippen molar-refractivity contribution < 1.29 is 19.0 Å². The van der Waals surface area contributed by atoms with Crippen LogP contribution in [0.25, 0.3) is 22.8 Å². The summed E-state index contributed by atoms with van der Waals surface area (Å²) in [5.41, 5.74) is 1.07. The third-order valence-corrected chi connectivity index (χ3v) is 3.10. The van der Waals surface area contributed by atoms with Gasteiger partial charge in [0.1, 0.15) is 5.75 Å². The molecule has 0 aliphatic carbocycles. The van der Waals surface area contributed by atoms with E-state index in [9.17, 15) is 14.9 Å². The van der Waals surface area contributed by atoms with Crippen LogP contribution in [0.3, 0.4) is 0 Å². The highest BCUT2D eigenvalue weighted by molar-refractivity contribution is 5.69. The van der Waals surface area contributed by atoms with Gasteiger partial charge in [0.15, 0.2) is 0 Å². The molecule has 8 nitrogen and oxygen atoms in total. The molecule has 0 radical (unpaired) electrons. The number of nitro groups is 1. The van der Waals surface area contributed by atoms with Crippen molar-refractivity contribution in [2.45, 2.75) is 6.92 Å². The Morgan fingerprint density at radius 1 is 1.17 bits per heavy atom. The van der Waals surface area contributed by atoms with Crippen molar-refractivity contribution in [3.8, 4) is 28.6 Å². The minimum Gasteiger partial charge on any atom is -0.427 e. The SMILES string of the molecule is CC(=O)Oc1ccc(-c2nc(-c3cccc([N+](=O)[O-])c3)no2)cc1. The summed E-state index contributed by atoms with van der Waals surface area (Å²) in [6.07, 6.45) is 0. The molecule has 0 spiro atoms. The van der Waals surface area contributed by atoms with Crippen LogP contribution in [-0.2, 0) is 4.79 Å². The molecule has 3 aromatic rings. The van der Waals surface area contributed by atoms with Gasteiger partial charge in [-0.05, 0) is 24.3 Å². The largest absolute Gasteiger partial charge is 0.427 e. The van der Waals surface area contributed by atoms with Gasteiger partial charge in [0.2, 0.25) is 5.82 Å². The van der Waals surface area contributed by atoms with E-state index in [1.54, 1.807) is 36.4 Å². The number of benzene rings is 2. The molecular weight excluding hydrogens is 314 g/mol. The first kappa shape index (κ1) is 15.3. The summed E-state index contributed by atoms with van der Waals surface area (Å²) in [4.78, 5) is 25.5. The van der Waals surface area contributed by atoms with Crippen molar-refractivity contribution in [3.63, 3.8) is 0 Å². The molecule has 8 heteroatoms.